The predicted molar refractivity (Wildman–Crippen MR) is 101 cm³/mol. The number of hydrogen-bond donors (Lipinski definition) is 0. The fourth-order valence-corrected chi connectivity index (χ4v) is 8.37. The van der Waals surface area contributed by atoms with Gasteiger partial charge in [0.1, 0.15) is 11.5 Å². The van der Waals surface area contributed by atoms with Gasteiger partial charge in [0.15, 0.2) is 0 Å². The molecule has 0 radical (unpaired) electrons. The lowest BCUT2D eigenvalue weighted by atomic mass is 9.55. The van der Waals surface area contributed by atoms with Gasteiger partial charge in [0, 0.05) is 10.8 Å². The first-order valence-corrected chi connectivity index (χ1v) is 10.8. The largest absolute Gasteiger partial charge is 0.497 e. The van der Waals surface area contributed by atoms with Crippen molar-refractivity contribution < 1.29 is 9.53 Å². The Kier molecular flexibility index (Phi) is 2.99. The number of benzene rings is 1. The molecule has 0 N–H and O–H groups in total. The molecule has 2 heteroatoms. The zero-order chi connectivity index (χ0) is 17.7. The van der Waals surface area contributed by atoms with Crippen LogP contribution in [0.4, 0.5) is 0 Å². The van der Waals surface area contributed by atoms with Gasteiger partial charge in [-0.3, -0.25) is 4.79 Å². The highest BCUT2D eigenvalue weighted by molar-refractivity contribution is 5.96. The maximum atomic E-state index is 13.6. The summed E-state index contributed by atoms with van der Waals surface area (Å²) >= 11 is 0. The quantitative estimate of drug-likeness (QED) is 0.700. The number of aryl methyl sites for hydroxylation is 1. The van der Waals surface area contributed by atoms with Crippen molar-refractivity contribution in [1.29, 1.82) is 0 Å². The van der Waals surface area contributed by atoms with E-state index in [2.05, 4.69) is 25.1 Å². The van der Waals surface area contributed by atoms with Crippen LogP contribution in [0.2, 0.25) is 0 Å². The smallest absolute Gasteiger partial charge is 0.145 e. The summed E-state index contributed by atoms with van der Waals surface area (Å²) in [7, 11) is 1.76. The highest BCUT2D eigenvalue weighted by Gasteiger charge is 2.78. The van der Waals surface area contributed by atoms with E-state index in [9.17, 15) is 4.79 Å². The molecule has 4 fully saturated rings. The van der Waals surface area contributed by atoms with E-state index in [-0.39, 0.29) is 10.8 Å². The van der Waals surface area contributed by atoms with E-state index in [1.165, 1.54) is 44.1 Å². The summed E-state index contributed by atoms with van der Waals surface area (Å²) in [6, 6.07) is 6.72. The minimum absolute atomic E-state index is 0.0184. The predicted octanol–water partition coefficient (Wildman–Crippen LogP) is 5.15. The molecule has 0 heterocycles. The van der Waals surface area contributed by atoms with Crippen LogP contribution in [0.1, 0.15) is 68.9 Å². The molecule has 0 saturated heterocycles. The first-order valence-electron chi connectivity index (χ1n) is 10.8. The lowest BCUT2D eigenvalue weighted by Crippen LogP contribution is -2.42. The molecule has 1 unspecified atom stereocenters. The van der Waals surface area contributed by atoms with E-state index in [0.29, 0.717) is 17.6 Å². The van der Waals surface area contributed by atoms with Crippen molar-refractivity contribution in [2.75, 3.05) is 7.11 Å². The molecule has 1 aromatic carbocycles. The van der Waals surface area contributed by atoms with Crippen LogP contribution in [0.25, 0.3) is 0 Å². The van der Waals surface area contributed by atoms with Crippen molar-refractivity contribution in [2.24, 2.45) is 34.5 Å². The Morgan fingerprint density at radius 1 is 1.08 bits per heavy atom. The van der Waals surface area contributed by atoms with Gasteiger partial charge in [-0.2, -0.15) is 0 Å². The number of fused-ring (bicyclic) bond motifs is 8. The molecule has 0 aliphatic heterocycles. The molecule has 4 saturated carbocycles. The molecule has 138 valence electrons. The van der Waals surface area contributed by atoms with Crippen molar-refractivity contribution in [3.8, 4) is 5.75 Å². The van der Waals surface area contributed by atoms with Crippen LogP contribution in [0.15, 0.2) is 18.2 Å². The van der Waals surface area contributed by atoms with Gasteiger partial charge in [0.05, 0.1) is 7.11 Å². The van der Waals surface area contributed by atoms with Gasteiger partial charge in [0.2, 0.25) is 0 Å². The maximum Gasteiger partial charge on any atom is 0.145 e. The average molecular weight is 351 g/mol. The highest BCUT2D eigenvalue weighted by atomic mass is 16.5. The summed E-state index contributed by atoms with van der Waals surface area (Å²) in [4.78, 5) is 13.6. The summed E-state index contributed by atoms with van der Waals surface area (Å²) < 4.78 is 5.45. The molecule has 26 heavy (non-hydrogen) atoms. The fourth-order valence-electron chi connectivity index (χ4n) is 8.37. The number of ether oxygens (including phenoxy) is 1. The highest BCUT2D eigenvalue weighted by Crippen LogP contribution is 2.78. The third-order valence-electron chi connectivity index (χ3n) is 9.55. The average Bonchev–Trinajstić information content (AvgIpc) is 2.96. The van der Waals surface area contributed by atoms with Gasteiger partial charge in [-0.05, 0) is 97.8 Å². The molecule has 1 spiro atoms. The zero-order valence-electron chi connectivity index (χ0n) is 16.1. The third kappa shape index (κ3) is 1.68. The molecule has 0 aromatic heterocycles. The van der Waals surface area contributed by atoms with Crippen molar-refractivity contribution in [1.82, 2.24) is 0 Å². The summed E-state index contributed by atoms with van der Waals surface area (Å²) in [6.45, 7) is 2.35. The Bertz CT molecular complexity index is 785. The normalized spacial score (nSPS) is 47.9. The minimum Gasteiger partial charge on any atom is -0.497 e. The zero-order valence-corrected chi connectivity index (χ0v) is 16.1. The van der Waals surface area contributed by atoms with Crippen LogP contribution in [0.3, 0.4) is 0 Å². The fraction of sp³-hybridized carbons (Fsp3) is 0.708. The summed E-state index contributed by atoms with van der Waals surface area (Å²) in [5.74, 6) is 5.23. The first kappa shape index (κ1) is 15.7. The second-order valence-electron chi connectivity index (χ2n) is 10.2. The van der Waals surface area contributed by atoms with Crippen molar-refractivity contribution in [3.05, 3.63) is 29.3 Å². The molecule has 2 nitrogen and oxygen atoms in total. The molecule has 1 aromatic rings. The molecular formula is C24H30O2. The van der Waals surface area contributed by atoms with E-state index in [0.717, 1.165) is 36.3 Å². The van der Waals surface area contributed by atoms with Crippen LogP contribution in [-0.2, 0) is 11.2 Å². The number of Topliss-reactive ketones (excluding diaryl/α,β-unsaturated/α-hetero) is 1. The number of carbonyl (C=O) groups is 1. The lowest BCUT2D eigenvalue weighted by molar-refractivity contribution is -0.133. The van der Waals surface area contributed by atoms with E-state index in [1.54, 1.807) is 12.7 Å². The monoisotopic (exact) mass is 350 g/mol. The third-order valence-corrected chi connectivity index (χ3v) is 9.55. The Hall–Kier alpha value is -1.31. The Balaban J connectivity index is 1.36. The molecule has 5 aliphatic rings. The van der Waals surface area contributed by atoms with E-state index in [1.807, 2.05) is 0 Å². The van der Waals surface area contributed by atoms with Gasteiger partial charge in [-0.1, -0.05) is 19.4 Å². The Morgan fingerprint density at radius 2 is 1.88 bits per heavy atom. The van der Waals surface area contributed by atoms with Crippen LogP contribution >= 0.6 is 0 Å². The van der Waals surface area contributed by atoms with Crippen LogP contribution in [0, 0.1) is 34.5 Å². The lowest BCUT2D eigenvalue weighted by Gasteiger charge is -2.48. The molecule has 0 bridgehead atoms. The molecular weight excluding hydrogens is 320 g/mol. The van der Waals surface area contributed by atoms with Crippen LogP contribution < -0.4 is 4.74 Å². The van der Waals surface area contributed by atoms with Gasteiger partial charge in [-0.25, -0.2) is 0 Å². The summed E-state index contributed by atoms with van der Waals surface area (Å²) in [5.41, 5.74) is 3.17. The summed E-state index contributed by atoms with van der Waals surface area (Å²) in [5, 5.41) is 0. The number of rotatable bonds is 1. The number of methoxy groups -OCH3 is 1. The van der Waals surface area contributed by atoms with Crippen LogP contribution in [-0.4, -0.2) is 12.9 Å². The SMILES string of the molecule is COc1ccc2c(c1)CC[C@@H]1[C@@H]2CC[C@]2(C)C(=O)C3(C[C@@H]12)[C@@H]1CCC[C@@H]13. The van der Waals surface area contributed by atoms with E-state index in [4.69, 9.17) is 4.74 Å². The van der Waals surface area contributed by atoms with Gasteiger partial charge in [-0.15, -0.1) is 0 Å². The standard InChI is InChI=1S/C24H30O2/c1-23-11-10-17-16-9-7-15(26-2)12-14(16)6-8-18(17)21(23)13-24(22(23)25)19-4-3-5-20(19)24/h7,9,12,17-21H,3-6,8,10-11,13H2,1-2H3/t17-,18-,19-,20+,21+,23+,24?/m1/s1. The maximum absolute atomic E-state index is 13.6. The van der Waals surface area contributed by atoms with Gasteiger partial charge >= 0.3 is 0 Å². The molecule has 5 aliphatic carbocycles. The number of ketones is 1. The van der Waals surface area contributed by atoms with E-state index >= 15 is 0 Å². The topological polar surface area (TPSA) is 26.3 Å². The van der Waals surface area contributed by atoms with Crippen LogP contribution in [0.5, 0.6) is 5.75 Å². The summed E-state index contributed by atoms with van der Waals surface area (Å²) in [6.07, 6.45) is 10.00. The number of carbonyl (C=O) groups excluding carboxylic acids is 1. The Labute approximate surface area is 156 Å². The first-order chi connectivity index (χ1) is 12.6. The van der Waals surface area contributed by atoms with Crippen molar-refractivity contribution in [3.63, 3.8) is 0 Å². The van der Waals surface area contributed by atoms with E-state index < -0.39 is 0 Å². The molecule has 6 rings (SSSR count). The van der Waals surface area contributed by atoms with Crippen molar-refractivity contribution >= 4 is 5.78 Å². The minimum atomic E-state index is -0.0184. The molecule has 7 atom stereocenters. The van der Waals surface area contributed by atoms with Crippen molar-refractivity contribution in [2.45, 2.75) is 64.2 Å². The second-order valence-corrected chi connectivity index (χ2v) is 10.2. The Morgan fingerprint density at radius 3 is 2.65 bits per heavy atom. The number of hydrogen-bond acceptors (Lipinski definition) is 2. The molecule has 0 amide bonds. The second kappa shape index (κ2) is 4.94. The van der Waals surface area contributed by atoms with Gasteiger partial charge < -0.3 is 4.74 Å². The van der Waals surface area contributed by atoms with Gasteiger partial charge in [0.25, 0.3) is 0 Å².